The quantitative estimate of drug-likeness (QED) is 0.737. The van der Waals surface area contributed by atoms with Crippen LogP contribution >= 0.6 is 11.8 Å². The summed E-state index contributed by atoms with van der Waals surface area (Å²) in [5, 5.41) is 2.24. The van der Waals surface area contributed by atoms with Gasteiger partial charge in [0.2, 0.25) is 17.7 Å². The van der Waals surface area contributed by atoms with Crippen LogP contribution in [-0.2, 0) is 14.4 Å². The van der Waals surface area contributed by atoms with E-state index in [0.29, 0.717) is 12.3 Å². The number of thioether (sulfide) groups is 1. The Labute approximate surface area is 111 Å². The number of nitrogens with zero attached hydrogens (tertiary/aromatic N) is 1. The van der Waals surface area contributed by atoms with Gasteiger partial charge in [-0.2, -0.15) is 11.8 Å². The van der Waals surface area contributed by atoms with Crippen LogP contribution in [0, 0.1) is 5.92 Å². The largest absolute Gasteiger partial charge is 0.322 e. The van der Waals surface area contributed by atoms with Crippen LogP contribution in [0.2, 0.25) is 0 Å². The Kier molecular flexibility index (Phi) is 4.27. The predicted octanol–water partition coefficient (Wildman–Crippen LogP) is 0.393. The molecule has 6 heteroatoms. The minimum Gasteiger partial charge on any atom is -0.322 e. The molecule has 0 bridgehead atoms. The first-order valence-electron chi connectivity index (χ1n) is 6.29. The molecule has 2 saturated heterocycles. The maximum atomic E-state index is 12.2. The second-order valence-corrected chi connectivity index (χ2v) is 6.09. The number of rotatable bonds is 2. The van der Waals surface area contributed by atoms with Gasteiger partial charge >= 0.3 is 0 Å². The molecule has 0 aromatic rings. The smallest absolute Gasteiger partial charge is 0.249 e. The lowest BCUT2D eigenvalue weighted by atomic mass is 9.97. The first-order chi connectivity index (χ1) is 8.58. The van der Waals surface area contributed by atoms with E-state index in [-0.39, 0.29) is 24.3 Å². The van der Waals surface area contributed by atoms with Gasteiger partial charge in [0, 0.05) is 6.42 Å². The van der Waals surface area contributed by atoms with E-state index in [1.165, 1.54) is 4.90 Å². The van der Waals surface area contributed by atoms with Crippen LogP contribution in [0.1, 0.15) is 26.2 Å². The van der Waals surface area contributed by atoms with Crippen LogP contribution in [0.3, 0.4) is 0 Å². The Hall–Kier alpha value is -1.04. The van der Waals surface area contributed by atoms with Crippen LogP contribution < -0.4 is 5.32 Å². The molecule has 2 fully saturated rings. The first kappa shape index (κ1) is 13.4. The highest BCUT2D eigenvalue weighted by Crippen LogP contribution is 2.26. The minimum absolute atomic E-state index is 0.00715. The molecule has 0 aliphatic carbocycles. The van der Waals surface area contributed by atoms with E-state index in [2.05, 4.69) is 5.32 Å². The summed E-state index contributed by atoms with van der Waals surface area (Å²) in [4.78, 5) is 36.3. The summed E-state index contributed by atoms with van der Waals surface area (Å²) in [6.07, 6.45) is 2.57. The summed E-state index contributed by atoms with van der Waals surface area (Å²) in [5.74, 6) is 1.79. The molecule has 0 aromatic heterocycles. The van der Waals surface area contributed by atoms with Gasteiger partial charge in [-0.05, 0) is 37.2 Å². The summed E-state index contributed by atoms with van der Waals surface area (Å²) in [6, 6.07) is -0.534. The highest BCUT2D eigenvalue weighted by Gasteiger charge is 2.34. The monoisotopic (exact) mass is 270 g/mol. The van der Waals surface area contributed by atoms with Crippen molar-refractivity contribution in [2.75, 3.05) is 18.1 Å². The van der Waals surface area contributed by atoms with E-state index in [4.69, 9.17) is 0 Å². The first-order valence-corrected chi connectivity index (χ1v) is 7.44. The zero-order valence-corrected chi connectivity index (χ0v) is 11.3. The van der Waals surface area contributed by atoms with Gasteiger partial charge in [-0.3, -0.25) is 19.7 Å². The predicted molar refractivity (Wildman–Crippen MR) is 69.0 cm³/mol. The molecule has 0 aromatic carbocycles. The fourth-order valence-electron chi connectivity index (χ4n) is 2.33. The number of imide groups is 1. The molecule has 18 heavy (non-hydrogen) atoms. The molecule has 0 radical (unpaired) electrons. The second kappa shape index (κ2) is 5.73. The van der Waals surface area contributed by atoms with Gasteiger partial charge in [0.25, 0.3) is 0 Å². The Balaban J connectivity index is 1.94. The van der Waals surface area contributed by atoms with Crippen molar-refractivity contribution < 1.29 is 14.4 Å². The Morgan fingerprint density at radius 2 is 2.06 bits per heavy atom. The van der Waals surface area contributed by atoms with Gasteiger partial charge in [-0.15, -0.1) is 0 Å². The molecule has 2 aliphatic heterocycles. The molecule has 0 spiro atoms. The fraction of sp³-hybridized carbons (Fsp3) is 0.750. The maximum absolute atomic E-state index is 12.2. The number of carbonyl (C=O) groups is 3. The van der Waals surface area contributed by atoms with Crippen molar-refractivity contribution in [3.05, 3.63) is 0 Å². The van der Waals surface area contributed by atoms with Crippen LogP contribution in [-0.4, -0.2) is 46.7 Å². The van der Waals surface area contributed by atoms with Crippen molar-refractivity contribution in [3.63, 3.8) is 0 Å². The summed E-state index contributed by atoms with van der Waals surface area (Å²) < 4.78 is 0. The van der Waals surface area contributed by atoms with Crippen LogP contribution in [0.5, 0.6) is 0 Å². The third-order valence-corrected chi connectivity index (χ3v) is 4.60. The highest BCUT2D eigenvalue weighted by molar-refractivity contribution is 7.99. The summed E-state index contributed by atoms with van der Waals surface area (Å²) in [6.45, 7) is 1.67. The third kappa shape index (κ3) is 3.04. The molecule has 2 aliphatic rings. The van der Waals surface area contributed by atoms with Gasteiger partial charge in [0.05, 0.1) is 0 Å². The summed E-state index contributed by atoms with van der Waals surface area (Å²) in [5.41, 5.74) is 0. The van der Waals surface area contributed by atoms with Crippen molar-refractivity contribution in [1.29, 1.82) is 0 Å². The average Bonchev–Trinajstić information content (AvgIpc) is 2.35. The van der Waals surface area contributed by atoms with Gasteiger partial charge < -0.3 is 4.90 Å². The summed E-state index contributed by atoms with van der Waals surface area (Å²) in [7, 11) is 0. The standard InChI is InChI=1S/C12H18N2O3S/c1-8-12(17)13-10(15)7-14(8)11(16)6-9-2-4-18-5-3-9/h8-9H,2-7H2,1H3,(H,13,15,17). The average molecular weight is 270 g/mol. The lowest BCUT2D eigenvalue weighted by Crippen LogP contribution is -2.58. The van der Waals surface area contributed by atoms with Gasteiger partial charge in [-0.1, -0.05) is 0 Å². The maximum Gasteiger partial charge on any atom is 0.249 e. The summed E-state index contributed by atoms with van der Waals surface area (Å²) >= 11 is 1.92. The topological polar surface area (TPSA) is 66.5 Å². The Bertz CT molecular complexity index is 366. The molecule has 1 atom stereocenters. The van der Waals surface area contributed by atoms with Crippen LogP contribution in [0.4, 0.5) is 0 Å². The van der Waals surface area contributed by atoms with Crippen molar-refractivity contribution >= 4 is 29.5 Å². The van der Waals surface area contributed by atoms with Crippen molar-refractivity contribution in [3.8, 4) is 0 Å². The Morgan fingerprint density at radius 1 is 1.39 bits per heavy atom. The van der Waals surface area contributed by atoms with E-state index in [1.807, 2.05) is 11.8 Å². The molecule has 5 nitrogen and oxygen atoms in total. The van der Waals surface area contributed by atoms with Crippen molar-refractivity contribution in [2.24, 2.45) is 5.92 Å². The minimum atomic E-state index is -0.534. The van der Waals surface area contributed by atoms with E-state index < -0.39 is 6.04 Å². The van der Waals surface area contributed by atoms with Crippen LogP contribution in [0.25, 0.3) is 0 Å². The van der Waals surface area contributed by atoms with E-state index in [9.17, 15) is 14.4 Å². The number of hydrogen-bond donors (Lipinski definition) is 1. The van der Waals surface area contributed by atoms with Crippen molar-refractivity contribution in [1.82, 2.24) is 10.2 Å². The number of hydrogen-bond acceptors (Lipinski definition) is 4. The SMILES string of the molecule is CC1C(=O)NC(=O)CN1C(=O)CC1CCSCC1. The zero-order chi connectivity index (χ0) is 13.1. The Morgan fingerprint density at radius 3 is 2.72 bits per heavy atom. The number of carbonyl (C=O) groups excluding carboxylic acids is 3. The fourth-order valence-corrected chi connectivity index (χ4v) is 3.54. The molecular weight excluding hydrogens is 252 g/mol. The number of nitrogens with one attached hydrogen (secondary N) is 1. The van der Waals surface area contributed by atoms with Crippen molar-refractivity contribution in [2.45, 2.75) is 32.2 Å². The third-order valence-electron chi connectivity index (χ3n) is 3.55. The number of piperazine rings is 1. The van der Waals surface area contributed by atoms with Crippen LogP contribution in [0.15, 0.2) is 0 Å². The molecule has 0 saturated carbocycles. The lowest BCUT2D eigenvalue weighted by molar-refractivity contribution is -0.149. The van der Waals surface area contributed by atoms with E-state index in [1.54, 1.807) is 6.92 Å². The molecule has 1 N–H and O–H groups in total. The van der Waals surface area contributed by atoms with Gasteiger partial charge in [-0.25, -0.2) is 0 Å². The molecule has 100 valence electrons. The highest BCUT2D eigenvalue weighted by atomic mass is 32.2. The second-order valence-electron chi connectivity index (χ2n) is 4.87. The molecular formula is C12H18N2O3S. The van der Waals surface area contributed by atoms with Gasteiger partial charge in [0.1, 0.15) is 12.6 Å². The van der Waals surface area contributed by atoms with E-state index in [0.717, 1.165) is 24.3 Å². The number of amides is 3. The normalized spacial score (nSPS) is 26.1. The lowest BCUT2D eigenvalue weighted by Gasteiger charge is -2.33. The molecule has 2 heterocycles. The van der Waals surface area contributed by atoms with Gasteiger partial charge in [0.15, 0.2) is 0 Å². The zero-order valence-electron chi connectivity index (χ0n) is 10.5. The molecule has 1 unspecified atom stereocenters. The van der Waals surface area contributed by atoms with E-state index >= 15 is 0 Å². The molecule has 2 rings (SSSR count). The molecule has 3 amide bonds.